The van der Waals surface area contributed by atoms with Gasteiger partial charge in [-0.25, -0.2) is 4.98 Å². The molecule has 0 saturated heterocycles. The molecule has 1 heterocycles. The highest BCUT2D eigenvalue weighted by Gasteiger charge is 2.12. The van der Waals surface area contributed by atoms with E-state index in [1.54, 1.807) is 0 Å². The van der Waals surface area contributed by atoms with Crippen molar-refractivity contribution < 1.29 is 0 Å². The van der Waals surface area contributed by atoms with Crippen molar-refractivity contribution in [2.75, 3.05) is 0 Å². The summed E-state index contributed by atoms with van der Waals surface area (Å²) in [6.45, 7) is 0. The van der Waals surface area contributed by atoms with Crippen molar-refractivity contribution in [3.05, 3.63) is 65.7 Å². The summed E-state index contributed by atoms with van der Waals surface area (Å²) in [7, 11) is 2.05. The van der Waals surface area contributed by atoms with Gasteiger partial charge < -0.3 is 4.57 Å². The molecule has 0 unspecified atom stereocenters. The molecule has 102 valence electrons. The third-order valence-corrected chi connectivity index (χ3v) is 4.10. The Balaban J connectivity index is 2.08. The smallest absolute Gasteiger partial charge is 0.140 e. The van der Waals surface area contributed by atoms with E-state index in [4.69, 9.17) is 16.6 Å². The molecule has 2 nitrogen and oxygen atoms in total. The van der Waals surface area contributed by atoms with Crippen LogP contribution in [-0.2, 0) is 7.05 Å². The molecule has 0 spiro atoms. The number of benzene rings is 3. The van der Waals surface area contributed by atoms with Crippen LogP contribution in [-0.4, -0.2) is 9.55 Å². The van der Waals surface area contributed by atoms with Gasteiger partial charge in [0.25, 0.3) is 0 Å². The Morgan fingerprint density at radius 1 is 0.952 bits per heavy atom. The van der Waals surface area contributed by atoms with Crippen LogP contribution in [0.3, 0.4) is 0 Å². The highest BCUT2D eigenvalue weighted by atomic mass is 35.5. The minimum Gasteiger partial charge on any atom is -0.327 e. The summed E-state index contributed by atoms with van der Waals surface area (Å²) in [6.07, 6.45) is 0. The number of aryl methyl sites for hydroxylation is 1. The van der Waals surface area contributed by atoms with Gasteiger partial charge in [0.15, 0.2) is 0 Å². The molecule has 4 aromatic rings. The fourth-order valence-electron chi connectivity index (χ4n) is 2.80. The zero-order valence-corrected chi connectivity index (χ0v) is 12.3. The van der Waals surface area contributed by atoms with Gasteiger partial charge in [0.2, 0.25) is 0 Å². The molecule has 0 aliphatic carbocycles. The van der Waals surface area contributed by atoms with Crippen molar-refractivity contribution >= 4 is 33.4 Å². The van der Waals surface area contributed by atoms with Crippen molar-refractivity contribution in [2.24, 2.45) is 7.05 Å². The molecule has 0 N–H and O–H groups in total. The largest absolute Gasteiger partial charge is 0.327 e. The standard InChI is InChI=1S/C18H13ClN2/c1-21-16-10-7-13-11-14(19)8-9-15(13)17(16)20-18(21)12-5-3-2-4-6-12/h2-11H,1H3. The van der Waals surface area contributed by atoms with Crippen molar-refractivity contribution in [1.29, 1.82) is 0 Å². The number of fused-ring (bicyclic) bond motifs is 3. The molecular weight excluding hydrogens is 280 g/mol. The van der Waals surface area contributed by atoms with E-state index in [-0.39, 0.29) is 0 Å². The van der Waals surface area contributed by atoms with Gasteiger partial charge in [-0.05, 0) is 23.6 Å². The van der Waals surface area contributed by atoms with E-state index < -0.39 is 0 Å². The monoisotopic (exact) mass is 292 g/mol. The molecule has 3 aromatic carbocycles. The Kier molecular flexibility index (Phi) is 2.72. The minimum atomic E-state index is 0.751. The Bertz CT molecular complexity index is 955. The molecule has 0 saturated carbocycles. The molecular formula is C18H13ClN2. The average molecular weight is 293 g/mol. The highest BCUT2D eigenvalue weighted by Crippen LogP contribution is 2.30. The Morgan fingerprint density at radius 3 is 2.57 bits per heavy atom. The van der Waals surface area contributed by atoms with Gasteiger partial charge in [-0.3, -0.25) is 0 Å². The van der Waals surface area contributed by atoms with Crippen LogP contribution in [0.15, 0.2) is 60.7 Å². The minimum absolute atomic E-state index is 0.751. The van der Waals surface area contributed by atoms with Crippen LogP contribution >= 0.6 is 11.6 Å². The SMILES string of the molecule is Cn1c(-c2ccccc2)nc2c3ccc(Cl)cc3ccc21. The van der Waals surface area contributed by atoms with Crippen LogP contribution < -0.4 is 0 Å². The zero-order valence-electron chi connectivity index (χ0n) is 11.5. The first-order chi connectivity index (χ1) is 10.2. The van der Waals surface area contributed by atoms with E-state index in [0.717, 1.165) is 38.2 Å². The molecule has 0 bridgehead atoms. The van der Waals surface area contributed by atoms with Gasteiger partial charge in [0, 0.05) is 23.0 Å². The number of rotatable bonds is 1. The van der Waals surface area contributed by atoms with Crippen molar-refractivity contribution in [3.63, 3.8) is 0 Å². The molecule has 0 amide bonds. The maximum Gasteiger partial charge on any atom is 0.140 e. The predicted molar refractivity (Wildman–Crippen MR) is 88.7 cm³/mol. The second kappa shape index (κ2) is 4.61. The predicted octanol–water partition coefficient (Wildman–Crippen LogP) is 5.05. The van der Waals surface area contributed by atoms with Crippen LogP contribution in [0.1, 0.15) is 0 Å². The summed E-state index contributed by atoms with van der Waals surface area (Å²) in [4.78, 5) is 4.86. The van der Waals surface area contributed by atoms with Crippen LogP contribution in [0.4, 0.5) is 0 Å². The second-order valence-electron chi connectivity index (χ2n) is 5.16. The van der Waals surface area contributed by atoms with Crippen molar-refractivity contribution in [3.8, 4) is 11.4 Å². The number of hydrogen-bond donors (Lipinski definition) is 0. The molecule has 0 aliphatic heterocycles. The van der Waals surface area contributed by atoms with E-state index in [9.17, 15) is 0 Å². The van der Waals surface area contributed by atoms with Crippen LogP contribution in [0, 0.1) is 0 Å². The van der Waals surface area contributed by atoms with Gasteiger partial charge in [-0.2, -0.15) is 0 Å². The number of aromatic nitrogens is 2. The average Bonchev–Trinajstić information content (AvgIpc) is 2.85. The van der Waals surface area contributed by atoms with E-state index in [2.05, 4.69) is 35.9 Å². The Labute approximate surface area is 127 Å². The number of hydrogen-bond acceptors (Lipinski definition) is 1. The van der Waals surface area contributed by atoms with E-state index in [1.165, 1.54) is 0 Å². The molecule has 0 atom stereocenters. The van der Waals surface area contributed by atoms with Gasteiger partial charge in [-0.15, -0.1) is 0 Å². The molecule has 0 fully saturated rings. The molecule has 0 radical (unpaired) electrons. The second-order valence-corrected chi connectivity index (χ2v) is 5.60. The topological polar surface area (TPSA) is 17.8 Å². The van der Waals surface area contributed by atoms with E-state index in [1.807, 2.05) is 36.4 Å². The lowest BCUT2D eigenvalue weighted by Crippen LogP contribution is -1.91. The molecule has 4 rings (SSSR count). The fourth-order valence-corrected chi connectivity index (χ4v) is 2.98. The number of nitrogens with zero attached hydrogens (tertiary/aromatic N) is 2. The lowest BCUT2D eigenvalue weighted by atomic mass is 10.1. The summed E-state index contributed by atoms with van der Waals surface area (Å²) >= 11 is 6.08. The van der Waals surface area contributed by atoms with Crippen molar-refractivity contribution in [1.82, 2.24) is 9.55 Å². The summed E-state index contributed by atoms with van der Waals surface area (Å²) in [5, 5.41) is 3.00. The Morgan fingerprint density at radius 2 is 1.76 bits per heavy atom. The maximum absolute atomic E-state index is 6.08. The summed E-state index contributed by atoms with van der Waals surface area (Å²) in [5.74, 6) is 0.980. The normalized spacial score (nSPS) is 11.3. The third kappa shape index (κ3) is 1.91. The Hall–Kier alpha value is -2.32. The van der Waals surface area contributed by atoms with Crippen LogP contribution in [0.2, 0.25) is 5.02 Å². The first-order valence-electron chi connectivity index (χ1n) is 6.84. The molecule has 3 heteroatoms. The highest BCUT2D eigenvalue weighted by molar-refractivity contribution is 6.31. The van der Waals surface area contributed by atoms with E-state index in [0.29, 0.717) is 0 Å². The number of imidazole rings is 1. The van der Waals surface area contributed by atoms with Gasteiger partial charge >= 0.3 is 0 Å². The third-order valence-electron chi connectivity index (χ3n) is 3.86. The van der Waals surface area contributed by atoms with E-state index >= 15 is 0 Å². The van der Waals surface area contributed by atoms with Gasteiger partial charge in [-0.1, -0.05) is 54.1 Å². The first-order valence-corrected chi connectivity index (χ1v) is 7.22. The molecule has 0 aliphatic rings. The van der Waals surface area contributed by atoms with Crippen LogP contribution in [0.5, 0.6) is 0 Å². The number of halogens is 1. The summed E-state index contributed by atoms with van der Waals surface area (Å²) in [5.41, 5.74) is 3.27. The molecule has 1 aromatic heterocycles. The first kappa shape index (κ1) is 12.4. The van der Waals surface area contributed by atoms with Gasteiger partial charge in [0.05, 0.1) is 11.0 Å². The van der Waals surface area contributed by atoms with Crippen LogP contribution in [0.25, 0.3) is 33.2 Å². The fraction of sp³-hybridized carbons (Fsp3) is 0.0556. The van der Waals surface area contributed by atoms with Crippen molar-refractivity contribution in [2.45, 2.75) is 0 Å². The maximum atomic E-state index is 6.08. The summed E-state index contributed by atoms with van der Waals surface area (Å²) < 4.78 is 2.14. The quantitative estimate of drug-likeness (QED) is 0.480. The lowest BCUT2D eigenvalue weighted by molar-refractivity contribution is 0.959. The van der Waals surface area contributed by atoms with Gasteiger partial charge in [0.1, 0.15) is 5.82 Å². The lowest BCUT2D eigenvalue weighted by Gasteiger charge is -2.02. The molecule has 21 heavy (non-hydrogen) atoms. The summed E-state index contributed by atoms with van der Waals surface area (Å²) in [6, 6.07) is 20.4. The zero-order chi connectivity index (χ0) is 14.4.